The number of ether oxygens (including phenoxy) is 1. The van der Waals surface area contributed by atoms with Crippen molar-refractivity contribution in [2.75, 3.05) is 0 Å². The first-order chi connectivity index (χ1) is 9.93. The number of halogens is 6. The summed E-state index contributed by atoms with van der Waals surface area (Å²) in [6.07, 6.45) is -10.5. The number of alkyl halides is 6. The Labute approximate surface area is 123 Å². The lowest BCUT2D eigenvalue weighted by Crippen LogP contribution is -2.17. The minimum atomic E-state index is -4.93. The normalized spacial score (nSPS) is 13.8. The first kappa shape index (κ1) is 18.3. The largest absolute Gasteiger partial charge is 0.462 e. The molecule has 0 aliphatic heterocycles. The molecular weight excluding hydrogens is 314 g/mol. The van der Waals surface area contributed by atoms with Gasteiger partial charge in [0.15, 0.2) is 0 Å². The molecule has 1 rings (SSSR count). The highest BCUT2D eigenvalue weighted by molar-refractivity contribution is 5.73. The summed E-state index contributed by atoms with van der Waals surface area (Å²) in [6, 6.07) is 1.06. The Kier molecular flexibility index (Phi) is 5.48. The van der Waals surface area contributed by atoms with Gasteiger partial charge in [0, 0.05) is 0 Å². The standard InChI is InChI=1S/C14H14F6O2/c1-3-8(2)22-12(21)6-9-4-10(13(15,16)17)7-11(5-9)14(18,19)20/h4-5,7-8H,3,6H2,1-2H3. The van der Waals surface area contributed by atoms with Crippen molar-refractivity contribution < 1.29 is 35.9 Å². The third-order valence-electron chi connectivity index (χ3n) is 2.90. The maximum Gasteiger partial charge on any atom is 0.416 e. The highest BCUT2D eigenvalue weighted by Crippen LogP contribution is 2.36. The van der Waals surface area contributed by atoms with E-state index in [4.69, 9.17) is 4.74 Å². The number of hydrogen-bond donors (Lipinski definition) is 0. The van der Waals surface area contributed by atoms with Crippen LogP contribution in [0.5, 0.6) is 0 Å². The molecule has 22 heavy (non-hydrogen) atoms. The van der Waals surface area contributed by atoms with E-state index in [9.17, 15) is 31.1 Å². The van der Waals surface area contributed by atoms with E-state index in [2.05, 4.69) is 0 Å². The summed E-state index contributed by atoms with van der Waals surface area (Å²) < 4.78 is 80.8. The SMILES string of the molecule is CCC(C)OC(=O)Cc1cc(C(F)(F)F)cc(C(F)(F)F)c1. The Morgan fingerprint density at radius 3 is 1.86 bits per heavy atom. The van der Waals surface area contributed by atoms with Gasteiger partial charge in [-0.1, -0.05) is 6.92 Å². The second-order valence-corrected chi connectivity index (χ2v) is 4.80. The van der Waals surface area contributed by atoms with Gasteiger partial charge in [-0.15, -0.1) is 0 Å². The lowest BCUT2D eigenvalue weighted by atomic mass is 10.0. The summed E-state index contributed by atoms with van der Waals surface area (Å²) in [7, 11) is 0. The number of carbonyl (C=O) groups is 1. The van der Waals surface area contributed by atoms with Crippen LogP contribution in [0.25, 0.3) is 0 Å². The van der Waals surface area contributed by atoms with Crippen LogP contribution >= 0.6 is 0 Å². The Morgan fingerprint density at radius 2 is 1.50 bits per heavy atom. The van der Waals surface area contributed by atoms with Crippen LogP contribution < -0.4 is 0 Å². The smallest absolute Gasteiger partial charge is 0.416 e. The molecule has 0 fully saturated rings. The molecule has 1 aromatic carbocycles. The van der Waals surface area contributed by atoms with Crippen LogP contribution in [0.2, 0.25) is 0 Å². The van der Waals surface area contributed by atoms with E-state index < -0.39 is 47.5 Å². The number of hydrogen-bond acceptors (Lipinski definition) is 2. The van der Waals surface area contributed by atoms with Gasteiger partial charge >= 0.3 is 18.3 Å². The molecule has 0 bridgehead atoms. The number of rotatable bonds is 4. The molecule has 8 heteroatoms. The molecule has 2 nitrogen and oxygen atoms in total. The summed E-state index contributed by atoms with van der Waals surface area (Å²) in [6.45, 7) is 3.30. The maximum atomic E-state index is 12.7. The summed E-state index contributed by atoms with van der Waals surface area (Å²) in [5.41, 5.74) is -3.29. The van der Waals surface area contributed by atoms with Crippen molar-refractivity contribution in [3.63, 3.8) is 0 Å². The molecule has 1 atom stereocenters. The van der Waals surface area contributed by atoms with Crippen LogP contribution in [0.3, 0.4) is 0 Å². The third kappa shape index (κ3) is 5.23. The summed E-state index contributed by atoms with van der Waals surface area (Å²) in [5.74, 6) is -0.873. The second kappa shape index (κ2) is 6.58. The molecule has 0 heterocycles. The molecule has 0 spiro atoms. The van der Waals surface area contributed by atoms with Crippen LogP contribution in [0.1, 0.15) is 37.0 Å². The minimum absolute atomic E-state index is 0.0174. The lowest BCUT2D eigenvalue weighted by Gasteiger charge is -2.15. The van der Waals surface area contributed by atoms with Gasteiger partial charge in [0.1, 0.15) is 0 Å². The zero-order valence-electron chi connectivity index (χ0n) is 11.8. The third-order valence-corrected chi connectivity index (χ3v) is 2.90. The first-order valence-corrected chi connectivity index (χ1v) is 6.41. The monoisotopic (exact) mass is 328 g/mol. The fourth-order valence-corrected chi connectivity index (χ4v) is 1.64. The van der Waals surface area contributed by atoms with E-state index in [0.717, 1.165) is 0 Å². The average Bonchev–Trinajstić information content (AvgIpc) is 2.35. The number of benzene rings is 1. The minimum Gasteiger partial charge on any atom is -0.462 e. The van der Waals surface area contributed by atoms with Gasteiger partial charge < -0.3 is 4.74 Å². The van der Waals surface area contributed by atoms with E-state index in [1.165, 1.54) is 0 Å². The quantitative estimate of drug-likeness (QED) is 0.596. The topological polar surface area (TPSA) is 26.3 Å². The van der Waals surface area contributed by atoms with E-state index >= 15 is 0 Å². The van der Waals surface area contributed by atoms with Gasteiger partial charge in [-0.3, -0.25) is 4.79 Å². The van der Waals surface area contributed by atoms with Crippen LogP contribution in [-0.2, 0) is 28.3 Å². The van der Waals surface area contributed by atoms with E-state index in [0.29, 0.717) is 18.6 Å². The van der Waals surface area contributed by atoms with Gasteiger partial charge in [-0.05, 0) is 37.1 Å². The predicted octanol–water partition coefficient (Wildman–Crippen LogP) is 4.61. The molecule has 1 aromatic rings. The van der Waals surface area contributed by atoms with Crippen LogP contribution in [0, 0.1) is 0 Å². The van der Waals surface area contributed by atoms with Gasteiger partial charge in [-0.25, -0.2) is 0 Å². The van der Waals surface area contributed by atoms with Crippen molar-refractivity contribution in [3.8, 4) is 0 Å². The molecule has 0 N–H and O–H groups in total. The van der Waals surface area contributed by atoms with Crippen molar-refractivity contribution >= 4 is 5.97 Å². The fraction of sp³-hybridized carbons (Fsp3) is 0.500. The van der Waals surface area contributed by atoms with E-state index in [1.54, 1.807) is 13.8 Å². The molecule has 124 valence electrons. The molecule has 0 saturated carbocycles. The van der Waals surface area contributed by atoms with Gasteiger partial charge in [0.05, 0.1) is 23.7 Å². The van der Waals surface area contributed by atoms with Crippen molar-refractivity contribution in [3.05, 3.63) is 34.9 Å². The Bertz CT molecular complexity index is 501. The molecule has 0 aliphatic carbocycles. The van der Waals surface area contributed by atoms with Crippen LogP contribution in [0.15, 0.2) is 18.2 Å². The number of carbonyl (C=O) groups excluding carboxylic acids is 1. The maximum absolute atomic E-state index is 12.7. The summed E-state index contributed by atoms with van der Waals surface area (Å²) in [5, 5.41) is 0. The molecular formula is C14H14F6O2. The van der Waals surface area contributed by atoms with Gasteiger partial charge in [0.25, 0.3) is 0 Å². The Hall–Kier alpha value is -1.73. The first-order valence-electron chi connectivity index (χ1n) is 6.41. The molecule has 0 aromatic heterocycles. The van der Waals surface area contributed by atoms with Crippen molar-refractivity contribution in [1.29, 1.82) is 0 Å². The van der Waals surface area contributed by atoms with Crippen LogP contribution in [-0.4, -0.2) is 12.1 Å². The van der Waals surface area contributed by atoms with Gasteiger partial charge in [-0.2, -0.15) is 26.3 Å². The second-order valence-electron chi connectivity index (χ2n) is 4.80. The molecule has 0 amide bonds. The Morgan fingerprint density at radius 1 is 1.05 bits per heavy atom. The lowest BCUT2D eigenvalue weighted by molar-refractivity contribution is -0.148. The molecule has 0 saturated heterocycles. The fourth-order valence-electron chi connectivity index (χ4n) is 1.64. The Balaban J connectivity index is 3.11. The van der Waals surface area contributed by atoms with Crippen LogP contribution in [0.4, 0.5) is 26.3 Å². The highest BCUT2D eigenvalue weighted by atomic mass is 19.4. The van der Waals surface area contributed by atoms with E-state index in [1.807, 2.05) is 0 Å². The predicted molar refractivity (Wildman–Crippen MR) is 66.0 cm³/mol. The number of esters is 1. The van der Waals surface area contributed by atoms with Crippen molar-refractivity contribution in [2.24, 2.45) is 0 Å². The highest BCUT2D eigenvalue weighted by Gasteiger charge is 2.37. The van der Waals surface area contributed by atoms with Gasteiger partial charge in [0.2, 0.25) is 0 Å². The summed E-state index contributed by atoms with van der Waals surface area (Å²) >= 11 is 0. The zero-order valence-corrected chi connectivity index (χ0v) is 11.8. The van der Waals surface area contributed by atoms with Crippen molar-refractivity contribution in [2.45, 2.75) is 45.1 Å². The zero-order chi connectivity index (χ0) is 17.1. The molecule has 0 aliphatic rings. The molecule has 1 unspecified atom stereocenters. The summed E-state index contributed by atoms with van der Waals surface area (Å²) in [4.78, 5) is 11.5. The average molecular weight is 328 g/mol. The van der Waals surface area contributed by atoms with Crippen molar-refractivity contribution in [1.82, 2.24) is 0 Å². The molecule has 0 radical (unpaired) electrons. The van der Waals surface area contributed by atoms with E-state index in [-0.39, 0.29) is 6.07 Å².